The Morgan fingerprint density at radius 3 is 3.00 bits per heavy atom. The van der Waals surface area contributed by atoms with Crippen LogP contribution in [0.15, 0.2) is 12.5 Å². The van der Waals surface area contributed by atoms with Crippen LogP contribution in [0.25, 0.3) is 0 Å². The van der Waals surface area contributed by atoms with Gasteiger partial charge >= 0.3 is 0 Å². The van der Waals surface area contributed by atoms with Crippen LogP contribution in [0.2, 0.25) is 0 Å². The van der Waals surface area contributed by atoms with Crippen LogP contribution < -0.4 is 5.73 Å². The standard InChI is InChI=1S/C9H15N3O/c1-13-9-2-8(3-9)12-5-7(4-10)11-6-12/h5-6,8-9H,2-4,10H2,1H3. The minimum Gasteiger partial charge on any atom is -0.381 e. The number of hydrogen-bond acceptors (Lipinski definition) is 3. The van der Waals surface area contributed by atoms with Gasteiger partial charge in [0.2, 0.25) is 0 Å². The summed E-state index contributed by atoms with van der Waals surface area (Å²) in [6, 6.07) is 0.567. The largest absolute Gasteiger partial charge is 0.381 e. The molecule has 1 saturated carbocycles. The van der Waals surface area contributed by atoms with Gasteiger partial charge in [-0.25, -0.2) is 4.98 Å². The van der Waals surface area contributed by atoms with E-state index in [0.717, 1.165) is 18.5 Å². The summed E-state index contributed by atoms with van der Waals surface area (Å²) >= 11 is 0. The zero-order valence-electron chi connectivity index (χ0n) is 7.81. The van der Waals surface area contributed by atoms with E-state index in [0.29, 0.717) is 18.7 Å². The van der Waals surface area contributed by atoms with Crippen molar-refractivity contribution in [3.05, 3.63) is 18.2 Å². The molecule has 0 amide bonds. The Morgan fingerprint density at radius 2 is 2.46 bits per heavy atom. The number of ether oxygens (including phenoxy) is 1. The first-order chi connectivity index (χ1) is 6.33. The second kappa shape index (κ2) is 3.47. The van der Waals surface area contributed by atoms with Gasteiger partial charge in [-0.1, -0.05) is 0 Å². The van der Waals surface area contributed by atoms with Crippen LogP contribution in [0.1, 0.15) is 24.6 Å². The number of aromatic nitrogens is 2. The number of nitrogens with zero attached hydrogens (tertiary/aromatic N) is 2. The summed E-state index contributed by atoms with van der Waals surface area (Å²) in [5, 5.41) is 0. The lowest BCUT2D eigenvalue weighted by atomic mass is 9.89. The number of imidazole rings is 1. The molecule has 0 spiro atoms. The van der Waals surface area contributed by atoms with E-state index in [-0.39, 0.29) is 0 Å². The van der Waals surface area contributed by atoms with E-state index in [1.807, 2.05) is 12.5 Å². The monoisotopic (exact) mass is 181 g/mol. The van der Waals surface area contributed by atoms with Gasteiger partial charge in [0, 0.05) is 25.9 Å². The Bertz CT molecular complexity index is 278. The molecule has 0 unspecified atom stereocenters. The summed E-state index contributed by atoms with van der Waals surface area (Å²) in [4.78, 5) is 4.19. The number of nitrogens with two attached hydrogens (primary N) is 1. The fraction of sp³-hybridized carbons (Fsp3) is 0.667. The van der Waals surface area contributed by atoms with Crippen LogP contribution in [-0.4, -0.2) is 22.8 Å². The third-order valence-corrected chi connectivity index (χ3v) is 2.69. The average Bonchev–Trinajstić information content (AvgIpc) is 2.51. The molecule has 1 heterocycles. The molecule has 0 saturated heterocycles. The van der Waals surface area contributed by atoms with E-state index in [9.17, 15) is 0 Å². The molecule has 2 N–H and O–H groups in total. The van der Waals surface area contributed by atoms with E-state index < -0.39 is 0 Å². The lowest BCUT2D eigenvalue weighted by molar-refractivity contribution is 0.00614. The van der Waals surface area contributed by atoms with Crippen molar-refractivity contribution < 1.29 is 4.74 Å². The van der Waals surface area contributed by atoms with Crippen LogP contribution >= 0.6 is 0 Å². The summed E-state index contributed by atoms with van der Waals surface area (Å²) in [7, 11) is 1.76. The van der Waals surface area contributed by atoms with Crippen LogP contribution in [0.4, 0.5) is 0 Å². The Hall–Kier alpha value is -0.870. The summed E-state index contributed by atoms with van der Waals surface area (Å²) in [6.07, 6.45) is 6.51. The first-order valence-corrected chi connectivity index (χ1v) is 4.58. The quantitative estimate of drug-likeness (QED) is 0.746. The molecule has 1 aliphatic rings. The van der Waals surface area contributed by atoms with Gasteiger partial charge in [0.05, 0.1) is 18.1 Å². The van der Waals surface area contributed by atoms with Gasteiger partial charge in [-0.2, -0.15) is 0 Å². The van der Waals surface area contributed by atoms with Crippen molar-refractivity contribution in [3.63, 3.8) is 0 Å². The van der Waals surface area contributed by atoms with Crippen molar-refractivity contribution in [2.24, 2.45) is 5.73 Å². The van der Waals surface area contributed by atoms with Gasteiger partial charge in [0.25, 0.3) is 0 Å². The molecule has 0 aromatic carbocycles. The van der Waals surface area contributed by atoms with E-state index in [1.165, 1.54) is 0 Å². The Morgan fingerprint density at radius 1 is 1.69 bits per heavy atom. The third-order valence-electron chi connectivity index (χ3n) is 2.69. The Balaban J connectivity index is 1.95. The van der Waals surface area contributed by atoms with Crippen LogP contribution in [0.5, 0.6) is 0 Å². The topological polar surface area (TPSA) is 53.1 Å². The third kappa shape index (κ3) is 1.59. The molecule has 13 heavy (non-hydrogen) atoms. The fourth-order valence-electron chi connectivity index (χ4n) is 1.66. The van der Waals surface area contributed by atoms with Crippen molar-refractivity contribution in [2.75, 3.05) is 7.11 Å². The molecule has 1 aliphatic carbocycles. The molecule has 0 atom stereocenters. The zero-order valence-corrected chi connectivity index (χ0v) is 7.81. The summed E-state index contributed by atoms with van der Waals surface area (Å²) in [6.45, 7) is 0.521. The van der Waals surface area contributed by atoms with Crippen molar-refractivity contribution in [1.29, 1.82) is 0 Å². The fourth-order valence-corrected chi connectivity index (χ4v) is 1.66. The van der Waals surface area contributed by atoms with Gasteiger partial charge in [-0.05, 0) is 12.8 Å². The first kappa shape index (κ1) is 8.72. The molecule has 4 heteroatoms. The summed E-state index contributed by atoms with van der Waals surface area (Å²) in [5.41, 5.74) is 6.43. The van der Waals surface area contributed by atoms with Crippen molar-refractivity contribution >= 4 is 0 Å². The molecule has 1 aromatic heterocycles. The normalized spacial score (nSPS) is 27.2. The highest BCUT2D eigenvalue weighted by Crippen LogP contribution is 2.33. The molecular weight excluding hydrogens is 166 g/mol. The van der Waals surface area contributed by atoms with Crippen LogP contribution in [-0.2, 0) is 11.3 Å². The number of methoxy groups -OCH3 is 1. The molecule has 1 fully saturated rings. The lowest BCUT2D eigenvalue weighted by Crippen LogP contribution is -2.31. The van der Waals surface area contributed by atoms with Crippen LogP contribution in [0, 0.1) is 0 Å². The van der Waals surface area contributed by atoms with E-state index in [4.69, 9.17) is 10.5 Å². The number of hydrogen-bond donors (Lipinski definition) is 1. The summed E-state index contributed by atoms with van der Waals surface area (Å²) < 4.78 is 7.35. The second-order valence-corrected chi connectivity index (χ2v) is 3.50. The van der Waals surface area contributed by atoms with Gasteiger partial charge in [-0.15, -0.1) is 0 Å². The van der Waals surface area contributed by atoms with Crippen molar-refractivity contribution in [2.45, 2.75) is 31.5 Å². The van der Waals surface area contributed by atoms with Gasteiger partial charge in [0.1, 0.15) is 0 Å². The molecule has 0 bridgehead atoms. The molecule has 2 rings (SSSR count). The average molecular weight is 181 g/mol. The van der Waals surface area contributed by atoms with Gasteiger partial charge < -0.3 is 15.0 Å². The van der Waals surface area contributed by atoms with E-state index in [1.54, 1.807) is 7.11 Å². The molecule has 1 aromatic rings. The maximum atomic E-state index is 5.48. The molecule has 0 radical (unpaired) electrons. The molecule has 4 nitrogen and oxygen atoms in total. The van der Waals surface area contributed by atoms with Crippen molar-refractivity contribution in [3.8, 4) is 0 Å². The highest BCUT2D eigenvalue weighted by Gasteiger charge is 2.30. The maximum Gasteiger partial charge on any atom is 0.0952 e. The lowest BCUT2D eigenvalue weighted by Gasteiger charge is -2.34. The SMILES string of the molecule is COC1CC(n2cnc(CN)c2)C1. The Labute approximate surface area is 77.7 Å². The molecular formula is C9H15N3O. The van der Waals surface area contributed by atoms with Gasteiger partial charge in [-0.3, -0.25) is 0 Å². The highest BCUT2D eigenvalue weighted by molar-refractivity contribution is 4.99. The molecule has 72 valence electrons. The molecule has 0 aliphatic heterocycles. The zero-order chi connectivity index (χ0) is 9.26. The Kier molecular flexibility index (Phi) is 2.33. The van der Waals surface area contributed by atoms with Gasteiger partial charge in [0.15, 0.2) is 0 Å². The smallest absolute Gasteiger partial charge is 0.0952 e. The van der Waals surface area contributed by atoms with Crippen molar-refractivity contribution in [1.82, 2.24) is 9.55 Å². The second-order valence-electron chi connectivity index (χ2n) is 3.50. The minimum atomic E-state index is 0.439. The van der Waals surface area contributed by atoms with E-state index >= 15 is 0 Å². The summed E-state index contributed by atoms with van der Waals surface area (Å²) in [5.74, 6) is 0. The van der Waals surface area contributed by atoms with Crippen LogP contribution in [0.3, 0.4) is 0 Å². The first-order valence-electron chi connectivity index (χ1n) is 4.58. The highest BCUT2D eigenvalue weighted by atomic mass is 16.5. The maximum absolute atomic E-state index is 5.48. The predicted octanol–water partition coefficient (Wildman–Crippen LogP) is 0.692. The minimum absolute atomic E-state index is 0.439. The number of rotatable bonds is 3. The predicted molar refractivity (Wildman–Crippen MR) is 49.2 cm³/mol. The van der Waals surface area contributed by atoms with E-state index in [2.05, 4.69) is 9.55 Å².